The van der Waals surface area contributed by atoms with Crippen molar-refractivity contribution in [2.75, 3.05) is 26.7 Å². The smallest absolute Gasteiger partial charge is 0.229 e. The molecular weight excluding hydrogens is 260 g/mol. The maximum absolute atomic E-state index is 12.6. The summed E-state index contributed by atoms with van der Waals surface area (Å²) in [6, 6.07) is 10.5. The van der Waals surface area contributed by atoms with Crippen LogP contribution in [0.3, 0.4) is 0 Å². The van der Waals surface area contributed by atoms with Crippen molar-refractivity contribution in [2.45, 2.75) is 18.8 Å². The molecule has 3 nitrogen and oxygen atoms in total. The third kappa shape index (κ3) is 2.26. The third-order valence-electron chi connectivity index (χ3n) is 4.59. The fourth-order valence-electron chi connectivity index (χ4n) is 3.61. The van der Waals surface area contributed by atoms with Gasteiger partial charge in [-0.3, -0.25) is 4.79 Å². The molecule has 1 aromatic rings. The number of carbonyl (C=O) groups excluding carboxylic acids is 1. The molecule has 3 rings (SSSR count). The van der Waals surface area contributed by atoms with Crippen LogP contribution in [0.25, 0.3) is 0 Å². The van der Waals surface area contributed by atoms with Crippen molar-refractivity contribution >= 4 is 18.3 Å². The van der Waals surface area contributed by atoms with Gasteiger partial charge in [0.25, 0.3) is 0 Å². The summed E-state index contributed by atoms with van der Waals surface area (Å²) in [6.45, 7) is 2.79. The summed E-state index contributed by atoms with van der Waals surface area (Å²) in [4.78, 5) is 14.5. The first kappa shape index (κ1) is 14.4. The van der Waals surface area contributed by atoms with Gasteiger partial charge in [-0.05, 0) is 31.5 Å². The van der Waals surface area contributed by atoms with Crippen LogP contribution in [-0.2, 0) is 4.79 Å². The van der Waals surface area contributed by atoms with Crippen LogP contribution in [0.1, 0.15) is 24.3 Å². The Morgan fingerprint density at radius 2 is 1.84 bits per heavy atom. The van der Waals surface area contributed by atoms with Crippen LogP contribution in [0.5, 0.6) is 0 Å². The van der Waals surface area contributed by atoms with E-state index in [0.29, 0.717) is 11.8 Å². The van der Waals surface area contributed by atoms with Gasteiger partial charge in [-0.15, -0.1) is 12.4 Å². The lowest BCUT2D eigenvalue weighted by Gasteiger charge is -2.36. The van der Waals surface area contributed by atoms with Crippen LogP contribution in [0.2, 0.25) is 0 Å². The molecule has 4 heteroatoms. The van der Waals surface area contributed by atoms with Gasteiger partial charge in [0.1, 0.15) is 0 Å². The highest BCUT2D eigenvalue weighted by Crippen LogP contribution is 2.49. The minimum absolute atomic E-state index is 0. The first-order valence-electron chi connectivity index (χ1n) is 6.75. The SMILES string of the molecule is CN1CC(c2ccccc2)C2(CCNCC2)C1=O.Cl. The van der Waals surface area contributed by atoms with E-state index in [1.807, 2.05) is 18.0 Å². The summed E-state index contributed by atoms with van der Waals surface area (Å²) in [5.41, 5.74) is 1.17. The van der Waals surface area contributed by atoms with Crippen molar-refractivity contribution < 1.29 is 4.79 Å². The highest BCUT2D eigenvalue weighted by molar-refractivity contribution is 5.86. The van der Waals surface area contributed by atoms with E-state index in [4.69, 9.17) is 0 Å². The normalized spacial score (nSPS) is 25.4. The molecule has 19 heavy (non-hydrogen) atoms. The Labute approximate surface area is 120 Å². The van der Waals surface area contributed by atoms with Gasteiger partial charge < -0.3 is 10.2 Å². The van der Waals surface area contributed by atoms with E-state index in [1.165, 1.54) is 5.56 Å². The van der Waals surface area contributed by atoms with Gasteiger partial charge in [0.15, 0.2) is 0 Å². The van der Waals surface area contributed by atoms with Crippen molar-refractivity contribution in [3.05, 3.63) is 35.9 Å². The molecule has 0 bridgehead atoms. The Balaban J connectivity index is 0.00000133. The van der Waals surface area contributed by atoms with E-state index in [0.717, 1.165) is 32.5 Å². The minimum Gasteiger partial charge on any atom is -0.345 e. The zero-order valence-electron chi connectivity index (χ0n) is 11.3. The van der Waals surface area contributed by atoms with Crippen LogP contribution in [0.15, 0.2) is 30.3 Å². The lowest BCUT2D eigenvalue weighted by Crippen LogP contribution is -2.44. The summed E-state index contributed by atoms with van der Waals surface area (Å²) in [5, 5.41) is 3.37. The third-order valence-corrected chi connectivity index (χ3v) is 4.59. The molecule has 1 unspecified atom stereocenters. The number of hydrogen-bond donors (Lipinski definition) is 1. The van der Waals surface area contributed by atoms with Crippen molar-refractivity contribution in [1.82, 2.24) is 10.2 Å². The molecule has 1 spiro atoms. The van der Waals surface area contributed by atoms with Gasteiger partial charge in [0, 0.05) is 19.5 Å². The first-order valence-corrected chi connectivity index (χ1v) is 6.75. The van der Waals surface area contributed by atoms with Gasteiger partial charge in [0.2, 0.25) is 5.91 Å². The molecule has 2 aliphatic heterocycles. The summed E-state index contributed by atoms with van der Waals surface area (Å²) < 4.78 is 0. The fourth-order valence-corrected chi connectivity index (χ4v) is 3.61. The zero-order valence-corrected chi connectivity index (χ0v) is 12.1. The van der Waals surface area contributed by atoms with Gasteiger partial charge >= 0.3 is 0 Å². The highest BCUT2D eigenvalue weighted by atomic mass is 35.5. The minimum atomic E-state index is -0.151. The topological polar surface area (TPSA) is 32.3 Å². The molecule has 2 saturated heterocycles. The van der Waals surface area contributed by atoms with E-state index in [2.05, 4.69) is 29.6 Å². The molecule has 0 radical (unpaired) electrons. The number of nitrogens with zero attached hydrogens (tertiary/aromatic N) is 1. The summed E-state index contributed by atoms with van der Waals surface area (Å²) in [5.74, 6) is 0.705. The van der Waals surface area contributed by atoms with Crippen molar-refractivity contribution in [2.24, 2.45) is 5.41 Å². The second-order valence-electron chi connectivity index (χ2n) is 5.56. The van der Waals surface area contributed by atoms with E-state index in [9.17, 15) is 4.79 Å². The number of amides is 1. The van der Waals surface area contributed by atoms with Crippen molar-refractivity contribution in [3.8, 4) is 0 Å². The molecule has 2 aliphatic rings. The van der Waals surface area contributed by atoms with Crippen molar-refractivity contribution in [3.63, 3.8) is 0 Å². The Bertz CT molecular complexity index is 443. The van der Waals surface area contributed by atoms with Crippen molar-refractivity contribution in [1.29, 1.82) is 0 Å². The Morgan fingerprint density at radius 1 is 1.21 bits per heavy atom. The molecule has 104 valence electrons. The number of nitrogens with one attached hydrogen (secondary N) is 1. The molecule has 1 atom stereocenters. The largest absolute Gasteiger partial charge is 0.345 e. The molecule has 2 fully saturated rings. The van der Waals surface area contributed by atoms with E-state index in [1.54, 1.807) is 0 Å². The Kier molecular flexibility index (Phi) is 4.16. The van der Waals surface area contributed by atoms with Gasteiger partial charge in [-0.2, -0.15) is 0 Å². The molecule has 0 saturated carbocycles. The number of rotatable bonds is 1. The van der Waals surface area contributed by atoms with Gasteiger partial charge in [0.05, 0.1) is 5.41 Å². The molecule has 1 N–H and O–H groups in total. The number of carbonyl (C=O) groups is 1. The fraction of sp³-hybridized carbons (Fsp3) is 0.533. The second kappa shape index (κ2) is 5.51. The Hall–Kier alpha value is -1.06. The molecule has 0 aromatic heterocycles. The van der Waals surface area contributed by atoms with Crippen LogP contribution in [0, 0.1) is 5.41 Å². The van der Waals surface area contributed by atoms with E-state index < -0.39 is 0 Å². The van der Waals surface area contributed by atoms with Gasteiger partial charge in [-0.25, -0.2) is 0 Å². The summed E-state index contributed by atoms with van der Waals surface area (Å²) in [6.07, 6.45) is 1.94. The maximum atomic E-state index is 12.6. The molecular formula is C15H21ClN2O. The predicted octanol–water partition coefficient (Wildman–Crippen LogP) is 2.03. The average molecular weight is 281 g/mol. The highest BCUT2D eigenvalue weighted by Gasteiger charge is 2.53. The average Bonchev–Trinajstić information content (AvgIpc) is 2.66. The lowest BCUT2D eigenvalue weighted by atomic mass is 9.68. The number of piperidine rings is 1. The quantitative estimate of drug-likeness (QED) is 0.854. The van der Waals surface area contributed by atoms with E-state index in [-0.39, 0.29) is 17.8 Å². The standard InChI is InChI=1S/C15H20N2O.ClH/c1-17-11-13(12-5-3-2-4-6-12)15(14(17)18)7-9-16-10-8-15;/h2-6,13,16H,7-11H2,1H3;1H. The zero-order chi connectivity index (χ0) is 12.6. The van der Waals surface area contributed by atoms with Crippen LogP contribution in [-0.4, -0.2) is 37.5 Å². The van der Waals surface area contributed by atoms with Crippen LogP contribution in [0.4, 0.5) is 0 Å². The molecule has 0 aliphatic carbocycles. The first-order chi connectivity index (χ1) is 8.74. The Morgan fingerprint density at radius 3 is 2.47 bits per heavy atom. The monoisotopic (exact) mass is 280 g/mol. The van der Waals surface area contributed by atoms with Gasteiger partial charge in [-0.1, -0.05) is 30.3 Å². The number of likely N-dealkylation sites (tertiary alicyclic amines) is 1. The molecule has 2 heterocycles. The lowest BCUT2D eigenvalue weighted by molar-refractivity contribution is -0.136. The number of likely N-dealkylation sites (N-methyl/N-ethyl adjacent to an activating group) is 1. The summed E-state index contributed by atoms with van der Waals surface area (Å²) in [7, 11) is 1.94. The number of hydrogen-bond acceptors (Lipinski definition) is 2. The molecule has 1 aromatic carbocycles. The number of benzene rings is 1. The van der Waals surface area contributed by atoms with E-state index >= 15 is 0 Å². The second-order valence-corrected chi connectivity index (χ2v) is 5.56. The van der Waals surface area contributed by atoms with Crippen LogP contribution < -0.4 is 5.32 Å². The number of halogens is 1. The molecule has 1 amide bonds. The maximum Gasteiger partial charge on any atom is 0.229 e. The predicted molar refractivity (Wildman–Crippen MR) is 78.6 cm³/mol. The van der Waals surface area contributed by atoms with Crippen LogP contribution >= 0.6 is 12.4 Å². The summed E-state index contributed by atoms with van der Waals surface area (Å²) >= 11 is 0.